The number of aromatic nitrogens is 1. The molecule has 0 saturated carbocycles. The van der Waals surface area contributed by atoms with Crippen molar-refractivity contribution in [1.29, 1.82) is 0 Å². The number of benzene rings is 2. The zero-order valence-corrected chi connectivity index (χ0v) is 16.3. The molecule has 0 bridgehead atoms. The molecule has 0 radical (unpaired) electrons. The molecule has 1 N–H and O–H groups in total. The third-order valence-electron chi connectivity index (χ3n) is 4.10. The Morgan fingerprint density at radius 3 is 2.33 bits per heavy atom. The SMILES string of the molecule is COc1cc(OC)c(/C=N/Nc2cc(C)c3cc(Cl)ccc3n2)c(OC)c1. The molecule has 27 heavy (non-hydrogen) atoms. The number of halogens is 1. The van der Waals surface area contributed by atoms with Gasteiger partial charge in [0.2, 0.25) is 0 Å². The summed E-state index contributed by atoms with van der Waals surface area (Å²) in [6.45, 7) is 2.00. The van der Waals surface area contributed by atoms with E-state index < -0.39 is 0 Å². The van der Waals surface area contributed by atoms with Crippen LogP contribution in [0.3, 0.4) is 0 Å². The molecule has 0 aliphatic rings. The lowest BCUT2D eigenvalue weighted by Gasteiger charge is -2.12. The third-order valence-corrected chi connectivity index (χ3v) is 4.34. The molecular formula is C20H20ClN3O3. The second-order valence-corrected chi connectivity index (χ2v) is 6.24. The van der Waals surface area contributed by atoms with E-state index >= 15 is 0 Å². The predicted octanol–water partition coefficient (Wildman–Crippen LogP) is 4.67. The van der Waals surface area contributed by atoms with Gasteiger partial charge in [0.15, 0.2) is 0 Å². The number of anilines is 1. The average Bonchev–Trinajstić information content (AvgIpc) is 2.68. The van der Waals surface area contributed by atoms with Crippen molar-refractivity contribution in [3.63, 3.8) is 0 Å². The number of fused-ring (bicyclic) bond motifs is 1. The topological polar surface area (TPSA) is 65.0 Å². The first-order valence-corrected chi connectivity index (χ1v) is 8.59. The average molecular weight is 386 g/mol. The normalized spacial score (nSPS) is 11.0. The van der Waals surface area contributed by atoms with Crippen LogP contribution in [0, 0.1) is 6.92 Å². The van der Waals surface area contributed by atoms with Gasteiger partial charge in [-0.3, -0.25) is 5.43 Å². The van der Waals surface area contributed by atoms with E-state index in [-0.39, 0.29) is 0 Å². The molecule has 1 aromatic heterocycles. The number of pyridine rings is 1. The number of aryl methyl sites for hydroxylation is 1. The van der Waals surface area contributed by atoms with Crippen molar-refractivity contribution in [2.75, 3.05) is 26.8 Å². The first-order valence-electron chi connectivity index (χ1n) is 8.21. The smallest absolute Gasteiger partial charge is 0.147 e. The molecule has 3 rings (SSSR count). The van der Waals surface area contributed by atoms with Gasteiger partial charge in [-0.1, -0.05) is 11.6 Å². The van der Waals surface area contributed by atoms with Gasteiger partial charge in [-0.25, -0.2) is 4.98 Å². The first-order chi connectivity index (χ1) is 13.0. The molecular weight excluding hydrogens is 366 g/mol. The van der Waals surface area contributed by atoms with Crippen LogP contribution in [0.1, 0.15) is 11.1 Å². The van der Waals surface area contributed by atoms with Crippen molar-refractivity contribution in [2.24, 2.45) is 5.10 Å². The molecule has 6 nitrogen and oxygen atoms in total. The summed E-state index contributed by atoms with van der Waals surface area (Å²) in [5.74, 6) is 2.45. The second-order valence-electron chi connectivity index (χ2n) is 5.80. The van der Waals surface area contributed by atoms with E-state index in [1.54, 1.807) is 39.7 Å². The van der Waals surface area contributed by atoms with E-state index in [0.29, 0.717) is 33.7 Å². The fraction of sp³-hybridized carbons (Fsp3) is 0.200. The zero-order valence-electron chi connectivity index (χ0n) is 15.5. The van der Waals surface area contributed by atoms with Crippen LogP contribution in [-0.4, -0.2) is 32.5 Å². The maximum Gasteiger partial charge on any atom is 0.147 e. The highest BCUT2D eigenvalue weighted by atomic mass is 35.5. The number of ether oxygens (including phenoxy) is 3. The number of hydrazone groups is 1. The maximum absolute atomic E-state index is 6.06. The first kappa shape index (κ1) is 18.8. The number of hydrogen-bond acceptors (Lipinski definition) is 6. The predicted molar refractivity (Wildman–Crippen MR) is 109 cm³/mol. The molecule has 0 atom stereocenters. The Hall–Kier alpha value is -2.99. The minimum atomic E-state index is 0.592. The van der Waals surface area contributed by atoms with Crippen LogP contribution >= 0.6 is 11.6 Å². The summed E-state index contributed by atoms with van der Waals surface area (Å²) < 4.78 is 16.1. The van der Waals surface area contributed by atoms with E-state index in [0.717, 1.165) is 16.5 Å². The summed E-state index contributed by atoms with van der Waals surface area (Å²) in [7, 11) is 4.75. The molecule has 140 valence electrons. The Morgan fingerprint density at radius 1 is 1.00 bits per heavy atom. The van der Waals surface area contributed by atoms with Crippen molar-refractivity contribution in [1.82, 2.24) is 4.98 Å². The Labute approximate surface area is 162 Å². The molecule has 0 aliphatic carbocycles. The van der Waals surface area contributed by atoms with E-state index in [2.05, 4.69) is 15.5 Å². The summed E-state index contributed by atoms with van der Waals surface area (Å²) in [6, 6.07) is 11.1. The lowest BCUT2D eigenvalue weighted by Crippen LogP contribution is -2.00. The minimum Gasteiger partial charge on any atom is -0.496 e. The van der Waals surface area contributed by atoms with Gasteiger partial charge in [0.25, 0.3) is 0 Å². The fourth-order valence-corrected chi connectivity index (χ4v) is 2.92. The van der Waals surface area contributed by atoms with Crippen LogP contribution in [0.4, 0.5) is 5.82 Å². The van der Waals surface area contributed by atoms with Gasteiger partial charge in [-0.2, -0.15) is 5.10 Å². The van der Waals surface area contributed by atoms with Gasteiger partial charge in [-0.05, 0) is 36.8 Å². The lowest BCUT2D eigenvalue weighted by atomic mass is 10.1. The van der Waals surface area contributed by atoms with Crippen molar-refractivity contribution in [2.45, 2.75) is 6.92 Å². The molecule has 0 unspecified atom stereocenters. The number of hydrogen-bond donors (Lipinski definition) is 1. The van der Waals surface area contributed by atoms with Gasteiger partial charge in [-0.15, -0.1) is 0 Å². The molecule has 0 saturated heterocycles. The standard InChI is InChI=1S/C20H20ClN3O3/c1-12-7-20(23-17-6-5-13(21)8-15(12)17)24-22-11-16-18(26-3)9-14(25-2)10-19(16)27-4/h5-11H,1-4H3,(H,23,24)/b22-11+. The molecule has 2 aromatic carbocycles. The van der Waals surface area contributed by atoms with Gasteiger partial charge in [0.05, 0.1) is 38.6 Å². The summed E-state index contributed by atoms with van der Waals surface area (Å²) >= 11 is 6.06. The Balaban J connectivity index is 1.89. The molecule has 1 heterocycles. The van der Waals surface area contributed by atoms with Gasteiger partial charge < -0.3 is 14.2 Å². The Bertz CT molecular complexity index is 980. The second kappa shape index (κ2) is 8.14. The maximum atomic E-state index is 6.06. The van der Waals surface area contributed by atoms with Crippen molar-refractivity contribution in [3.8, 4) is 17.2 Å². The van der Waals surface area contributed by atoms with E-state index in [9.17, 15) is 0 Å². The monoisotopic (exact) mass is 385 g/mol. The van der Waals surface area contributed by atoms with Crippen molar-refractivity contribution >= 4 is 34.5 Å². The number of nitrogens with zero attached hydrogens (tertiary/aromatic N) is 2. The van der Waals surface area contributed by atoms with Crippen LogP contribution in [0.15, 0.2) is 41.5 Å². The highest BCUT2D eigenvalue weighted by molar-refractivity contribution is 6.31. The van der Waals surface area contributed by atoms with Crippen LogP contribution in [0.2, 0.25) is 5.02 Å². The van der Waals surface area contributed by atoms with Gasteiger partial charge in [0, 0.05) is 22.5 Å². The summed E-state index contributed by atoms with van der Waals surface area (Å²) in [5.41, 5.74) is 5.55. The lowest BCUT2D eigenvalue weighted by molar-refractivity contribution is 0.374. The zero-order chi connectivity index (χ0) is 19.4. The molecule has 7 heteroatoms. The number of rotatable bonds is 6. The largest absolute Gasteiger partial charge is 0.496 e. The number of methoxy groups -OCH3 is 3. The molecule has 3 aromatic rings. The molecule has 0 amide bonds. The van der Waals surface area contributed by atoms with Crippen LogP contribution in [0.5, 0.6) is 17.2 Å². The van der Waals surface area contributed by atoms with Crippen molar-refractivity contribution < 1.29 is 14.2 Å². The van der Waals surface area contributed by atoms with Crippen LogP contribution in [-0.2, 0) is 0 Å². The minimum absolute atomic E-state index is 0.592. The molecule has 0 spiro atoms. The summed E-state index contributed by atoms with van der Waals surface area (Å²) in [5, 5.41) is 5.98. The third kappa shape index (κ3) is 4.06. The summed E-state index contributed by atoms with van der Waals surface area (Å²) in [4.78, 5) is 4.55. The van der Waals surface area contributed by atoms with E-state index in [4.69, 9.17) is 25.8 Å². The molecule has 0 fully saturated rings. The molecule has 0 aliphatic heterocycles. The Morgan fingerprint density at radius 2 is 1.70 bits per heavy atom. The fourth-order valence-electron chi connectivity index (χ4n) is 2.75. The summed E-state index contributed by atoms with van der Waals surface area (Å²) in [6.07, 6.45) is 1.63. The van der Waals surface area contributed by atoms with Crippen LogP contribution in [0.25, 0.3) is 10.9 Å². The van der Waals surface area contributed by atoms with Crippen molar-refractivity contribution in [3.05, 3.63) is 52.5 Å². The highest BCUT2D eigenvalue weighted by Gasteiger charge is 2.11. The van der Waals surface area contributed by atoms with Crippen LogP contribution < -0.4 is 19.6 Å². The van der Waals surface area contributed by atoms with Gasteiger partial charge in [0.1, 0.15) is 23.1 Å². The Kier molecular flexibility index (Phi) is 5.66. The number of nitrogens with one attached hydrogen (secondary N) is 1. The quantitative estimate of drug-likeness (QED) is 0.493. The highest BCUT2D eigenvalue weighted by Crippen LogP contribution is 2.32. The van der Waals surface area contributed by atoms with Gasteiger partial charge >= 0.3 is 0 Å². The van der Waals surface area contributed by atoms with E-state index in [1.807, 2.05) is 31.2 Å². The van der Waals surface area contributed by atoms with E-state index in [1.165, 1.54) is 0 Å².